The van der Waals surface area contributed by atoms with Gasteiger partial charge in [0.15, 0.2) is 29.7 Å². The number of benzene rings is 2. The smallest absolute Gasteiger partial charge is 0.265 e. The maximum atomic E-state index is 14.7. The Morgan fingerprint density at radius 3 is 2.71 bits per heavy atom. The number of aromatic nitrogens is 3. The van der Waals surface area contributed by atoms with Gasteiger partial charge >= 0.3 is 0 Å². The summed E-state index contributed by atoms with van der Waals surface area (Å²) in [5.74, 6) is -0.135. The highest BCUT2D eigenvalue weighted by molar-refractivity contribution is 5.98. The average Bonchev–Trinajstić information content (AvgIpc) is 2.92. The summed E-state index contributed by atoms with van der Waals surface area (Å²) in [6.45, 7) is 0.168. The van der Waals surface area contributed by atoms with Crippen molar-refractivity contribution in [1.82, 2.24) is 15.0 Å². The summed E-state index contributed by atoms with van der Waals surface area (Å²) in [7, 11) is 2.85. The van der Waals surface area contributed by atoms with E-state index in [1.54, 1.807) is 41.4 Å². The van der Waals surface area contributed by atoms with Gasteiger partial charge in [0, 0.05) is 29.7 Å². The third-order valence-electron chi connectivity index (χ3n) is 5.67. The van der Waals surface area contributed by atoms with Gasteiger partial charge in [0.25, 0.3) is 5.91 Å². The number of anilines is 5. The first-order valence-electron chi connectivity index (χ1n) is 11.4. The molecule has 4 aromatic rings. The summed E-state index contributed by atoms with van der Waals surface area (Å²) in [5, 5.41) is 16.0. The van der Waals surface area contributed by atoms with E-state index < -0.39 is 5.82 Å². The lowest BCUT2D eigenvalue weighted by Gasteiger charge is -2.29. The number of ether oxygens (including phenoxy) is 3. The zero-order valence-corrected chi connectivity index (χ0v) is 20.4. The van der Waals surface area contributed by atoms with Crippen LogP contribution in [0.4, 0.5) is 33.2 Å². The van der Waals surface area contributed by atoms with Crippen LogP contribution in [0.15, 0.2) is 60.9 Å². The number of hydrogen-bond donors (Lipinski definition) is 3. The number of nitrogens with one attached hydrogen (secondary N) is 2. The van der Waals surface area contributed by atoms with Crippen LogP contribution >= 0.6 is 0 Å². The Kier molecular flexibility index (Phi) is 6.76. The second kappa shape index (κ2) is 10.5. The summed E-state index contributed by atoms with van der Waals surface area (Å²) in [6, 6.07) is 13.5. The summed E-state index contributed by atoms with van der Waals surface area (Å²) in [6.07, 6.45) is 2.67. The van der Waals surface area contributed by atoms with Gasteiger partial charge in [-0.25, -0.2) is 9.37 Å². The number of aromatic hydroxyl groups is 1. The molecule has 0 spiro atoms. The number of halogens is 1. The number of pyridine rings is 1. The summed E-state index contributed by atoms with van der Waals surface area (Å²) in [4.78, 5) is 26.7. The Morgan fingerprint density at radius 2 is 1.95 bits per heavy atom. The molecule has 0 bridgehead atoms. The summed E-state index contributed by atoms with van der Waals surface area (Å²) < 4.78 is 30.6. The molecule has 0 saturated heterocycles. The molecule has 1 aliphatic rings. The normalized spacial score (nSPS) is 12.4. The zero-order chi connectivity index (χ0) is 26.6. The Hall–Kier alpha value is -5.13. The Morgan fingerprint density at radius 1 is 1.08 bits per heavy atom. The van der Waals surface area contributed by atoms with E-state index in [-0.39, 0.29) is 48.1 Å². The monoisotopic (exact) mass is 518 g/mol. The number of carbonyl (C=O) groups is 1. The van der Waals surface area contributed by atoms with Crippen molar-refractivity contribution in [3.05, 3.63) is 72.4 Å². The van der Waals surface area contributed by atoms with Gasteiger partial charge in [-0.3, -0.25) is 14.7 Å². The van der Waals surface area contributed by atoms with Gasteiger partial charge in [-0.1, -0.05) is 6.07 Å². The number of phenolic OH excluding ortho intramolecular Hbond substituents is 1. The summed E-state index contributed by atoms with van der Waals surface area (Å²) in [5.41, 5.74) is 2.10. The quantitative estimate of drug-likeness (QED) is 0.313. The lowest BCUT2D eigenvalue weighted by molar-refractivity contribution is -0.121. The number of hydrogen-bond acceptors (Lipinski definition) is 10. The lowest BCUT2D eigenvalue weighted by atomic mass is 10.2. The van der Waals surface area contributed by atoms with E-state index in [0.29, 0.717) is 28.5 Å². The van der Waals surface area contributed by atoms with Crippen LogP contribution in [0, 0.1) is 5.82 Å². The van der Waals surface area contributed by atoms with Crippen LogP contribution in [0.1, 0.15) is 5.69 Å². The van der Waals surface area contributed by atoms with Gasteiger partial charge < -0.3 is 30.0 Å². The van der Waals surface area contributed by atoms with Crippen molar-refractivity contribution in [3.63, 3.8) is 0 Å². The number of phenols is 1. The van der Waals surface area contributed by atoms with E-state index in [1.165, 1.54) is 20.3 Å². The predicted octanol–water partition coefficient (Wildman–Crippen LogP) is 4.15. The highest BCUT2D eigenvalue weighted by Crippen LogP contribution is 2.40. The highest BCUT2D eigenvalue weighted by atomic mass is 19.1. The largest absolute Gasteiger partial charge is 0.504 e. The van der Waals surface area contributed by atoms with Crippen LogP contribution in [0.5, 0.6) is 23.0 Å². The van der Waals surface area contributed by atoms with E-state index in [1.807, 2.05) is 12.1 Å². The van der Waals surface area contributed by atoms with E-state index >= 15 is 0 Å². The lowest BCUT2D eigenvalue weighted by Crippen LogP contribution is -2.38. The van der Waals surface area contributed by atoms with E-state index in [4.69, 9.17) is 14.2 Å². The van der Waals surface area contributed by atoms with Crippen molar-refractivity contribution in [1.29, 1.82) is 0 Å². The molecule has 12 heteroatoms. The van der Waals surface area contributed by atoms with E-state index in [0.717, 1.165) is 6.20 Å². The Bertz CT molecular complexity index is 1490. The third-order valence-corrected chi connectivity index (χ3v) is 5.67. The fraction of sp³-hybridized carbons (Fsp3) is 0.154. The van der Waals surface area contributed by atoms with Crippen molar-refractivity contribution < 1.29 is 28.5 Å². The fourth-order valence-corrected chi connectivity index (χ4v) is 3.90. The number of nitrogens with zero attached hydrogens (tertiary/aromatic N) is 4. The first-order chi connectivity index (χ1) is 18.4. The maximum absolute atomic E-state index is 14.7. The SMILES string of the molecule is COc1cc(Nc2ncc(F)c(Nc3ccc4c(c3)N(Cc3ccccn3)C(=O)CO4)n2)cc(O)c1OC. The maximum Gasteiger partial charge on any atom is 0.265 e. The van der Waals surface area contributed by atoms with E-state index in [2.05, 4.69) is 25.6 Å². The first-order valence-corrected chi connectivity index (χ1v) is 11.4. The Labute approximate surface area is 216 Å². The van der Waals surface area contributed by atoms with Gasteiger partial charge in [0.2, 0.25) is 11.7 Å². The standard InChI is InChI=1S/C26H23FN6O5/c1-36-22-11-17(10-20(34)24(22)37-2)31-26-29-12-18(27)25(32-26)30-15-6-7-21-19(9-15)33(23(35)14-38-21)13-16-5-3-4-8-28-16/h3-12,34H,13-14H2,1-2H3,(H2,29,30,31,32). The van der Waals surface area contributed by atoms with Gasteiger partial charge in [-0.2, -0.15) is 4.98 Å². The molecule has 0 saturated carbocycles. The molecule has 1 amide bonds. The molecule has 11 nitrogen and oxygen atoms in total. The average molecular weight is 519 g/mol. The molecule has 2 aromatic carbocycles. The van der Waals surface area contributed by atoms with Crippen LogP contribution in [0.2, 0.25) is 0 Å². The third kappa shape index (κ3) is 5.05. The second-order valence-corrected chi connectivity index (χ2v) is 8.14. The molecule has 38 heavy (non-hydrogen) atoms. The molecule has 0 fully saturated rings. The number of carbonyl (C=O) groups excluding carboxylic acids is 1. The molecule has 0 radical (unpaired) electrons. The molecule has 3 heterocycles. The molecule has 2 aromatic heterocycles. The van der Waals surface area contributed by atoms with Crippen LogP contribution in [0.25, 0.3) is 0 Å². The van der Waals surface area contributed by atoms with Crippen LogP contribution in [-0.2, 0) is 11.3 Å². The molecule has 194 valence electrons. The van der Waals surface area contributed by atoms with Crippen molar-refractivity contribution in [2.75, 3.05) is 36.4 Å². The second-order valence-electron chi connectivity index (χ2n) is 8.14. The van der Waals surface area contributed by atoms with Crippen LogP contribution in [0.3, 0.4) is 0 Å². The van der Waals surface area contributed by atoms with Crippen molar-refractivity contribution in [2.45, 2.75) is 6.54 Å². The molecule has 0 unspecified atom stereocenters. The van der Waals surface area contributed by atoms with Crippen molar-refractivity contribution >= 4 is 34.7 Å². The Balaban J connectivity index is 1.40. The highest BCUT2D eigenvalue weighted by Gasteiger charge is 2.26. The number of methoxy groups -OCH3 is 2. The molecule has 1 aliphatic heterocycles. The minimum Gasteiger partial charge on any atom is -0.504 e. The van der Waals surface area contributed by atoms with Gasteiger partial charge in [-0.15, -0.1) is 0 Å². The summed E-state index contributed by atoms with van der Waals surface area (Å²) >= 11 is 0. The van der Waals surface area contributed by atoms with Crippen molar-refractivity contribution in [2.24, 2.45) is 0 Å². The van der Waals surface area contributed by atoms with E-state index in [9.17, 15) is 14.3 Å². The van der Waals surface area contributed by atoms with Gasteiger partial charge in [0.1, 0.15) is 5.75 Å². The number of amides is 1. The van der Waals surface area contributed by atoms with Crippen molar-refractivity contribution in [3.8, 4) is 23.0 Å². The minimum atomic E-state index is -0.693. The fourth-order valence-electron chi connectivity index (χ4n) is 3.90. The molecule has 3 N–H and O–H groups in total. The topological polar surface area (TPSA) is 131 Å². The van der Waals surface area contributed by atoms with Crippen LogP contribution < -0.4 is 29.7 Å². The van der Waals surface area contributed by atoms with Crippen LogP contribution in [-0.4, -0.2) is 46.8 Å². The molecule has 0 atom stereocenters. The molecular weight excluding hydrogens is 495 g/mol. The minimum absolute atomic E-state index is 0.0637. The van der Waals surface area contributed by atoms with Gasteiger partial charge in [0.05, 0.1) is 38.3 Å². The van der Waals surface area contributed by atoms with Gasteiger partial charge in [-0.05, 0) is 30.3 Å². The predicted molar refractivity (Wildman–Crippen MR) is 137 cm³/mol. The number of fused-ring (bicyclic) bond motifs is 1. The molecule has 5 rings (SSSR count). The molecular formula is C26H23FN6O5. The zero-order valence-electron chi connectivity index (χ0n) is 20.4. The molecule has 0 aliphatic carbocycles. The first kappa shape index (κ1) is 24.6. The number of rotatable bonds is 8.